The van der Waals surface area contributed by atoms with Gasteiger partial charge in [0.25, 0.3) is 0 Å². The second-order valence-corrected chi connectivity index (χ2v) is 5.20. The lowest BCUT2D eigenvalue weighted by atomic mass is 10.2. The number of ether oxygens (including phenoxy) is 2. The summed E-state index contributed by atoms with van der Waals surface area (Å²) in [6.45, 7) is 2.24. The Balaban J connectivity index is 2.18. The van der Waals surface area contributed by atoms with Gasteiger partial charge >= 0.3 is 5.97 Å². The first kappa shape index (κ1) is 15.9. The Labute approximate surface area is 139 Å². The van der Waals surface area contributed by atoms with E-state index in [2.05, 4.69) is 4.98 Å². The summed E-state index contributed by atoms with van der Waals surface area (Å²) >= 11 is 0. The maximum absolute atomic E-state index is 11.3. The lowest BCUT2D eigenvalue weighted by Gasteiger charge is -2.12. The summed E-state index contributed by atoms with van der Waals surface area (Å²) in [5.74, 6) is 0.896. The highest BCUT2D eigenvalue weighted by molar-refractivity contribution is 5.83. The van der Waals surface area contributed by atoms with Gasteiger partial charge < -0.3 is 19.1 Å². The van der Waals surface area contributed by atoms with Gasteiger partial charge in [-0.15, -0.1) is 0 Å². The minimum absolute atomic E-state index is 0.161. The molecule has 24 heavy (non-hydrogen) atoms. The molecule has 0 saturated carbocycles. The smallest absolute Gasteiger partial charge is 0.323 e. The van der Waals surface area contributed by atoms with Gasteiger partial charge in [0.15, 0.2) is 11.5 Å². The van der Waals surface area contributed by atoms with E-state index in [-0.39, 0.29) is 6.54 Å². The molecule has 0 unspecified atom stereocenters. The largest absolute Gasteiger partial charge is 0.493 e. The molecule has 1 N–H and O–H groups in total. The molecular formula is C18H18N2O4. The third-order valence-corrected chi connectivity index (χ3v) is 3.67. The number of carboxylic acids is 1. The topological polar surface area (TPSA) is 73.6 Å². The van der Waals surface area contributed by atoms with Gasteiger partial charge in [0.2, 0.25) is 0 Å². The van der Waals surface area contributed by atoms with E-state index in [0.29, 0.717) is 23.9 Å². The fourth-order valence-corrected chi connectivity index (χ4v) is 2.68. The standard InChI is InChI=1S/C18H18N2O4/c1-3-24-16-10-12(8-9-15(16)23-2)18-19-13-6-4-5-7-14(13)20(18)11-17(21)22/h4-10H,3,11H2,1-2H3,(H,21,22). The first-order valence-electron chi connectivity index (χ1n) is 7.62. The average Bonchev–Trinajstić information content (AvgIpc) is 2.93. The number of hydrogen-bond donors (Lipinski definition) is 1. The predicted molar refractivity (Wildman–Crippen MR) is 90.5 cm³/mol. The summed E-state index contributed by atoms with van der Waals surface area (Å²) < 4.78 is 12.6. The van der Waals surface area contributed by atoms with Gasteiger partial charge in [0.05, 0.1) is 24.8 Å². The first-order chi connectivity index (χ1) is 11.6. The number of aliphatic carboxylic acids is 1. The molecule has 0 aliphatic carbocycles. The molecule has 3 aromatic rings. The highest BCUT2D eigenvalue weighted by Gasteiger charge is 2.16. The Morgan fingerprint density at radius 1 is 1.21 bits per heavy atom. The molecule has 0 spiro atoms. The van der Waals surface area contributed by atoms with Crippen LogP contribution in [0.2, 0.25) is 0 Å². The van der Waals surface area contributed by atoms with Crippen molar-refractivity contribution in [3.63, 3.8) is 0 Å². The number of benzene rings is 2. The molecule has 0 aliphatic heterocycles. The maximum atomic E-state index is 11.3. The molecule has 0 saturated heterocycles. The average molecular weight is 326 g/mol. The fourth-order valence-electron chi connectivity index (χ4n) is 2.68. The van der Waals surface area contributed by atoms with Gasteiger partial charge in [-0.1, -0.05) is 12.1 Å². The van der Waals surface area contributed by atoms with E-state index in [1.165, 1.54) is 0 Å². The Kier molecular flexibility index (Phi) is 4.37. The molecule has 1 heterocycles. The summed E-state index contributed by atoms with van der Waals surface area (Å²) in [7, 11) is 1.58. The van der Waals surface area contributed by atoms with Crippen LogP contribution in [-0.4, -0.2) is 34.3 Å². The second kappa shape index (κ2) is 6.62. The number of rotatable bonds is 6. The Morgan fingerprint density at radius 3 is 2.71 bits per heavy atom. The second-order valence-electron chi connectivity index (χ2n) is 5.20. The first-order valence-corrected chi connectivity index (χ1v) is 7.62. The third-order valence-electron chi connectivity index (χ3n) is 3.67. The van der Waals surface area contributed by atoms with Crippen molar-refractivity contribution in [2.24, 2.45) is 0 Å². The molecule has 0 aliphatic rings. The lowest BCUT2D eigenvalue weighted by Crippen LogP contribution is -2.10. The number of imidazole rings is 1. The van der Waals surface area contributed by atoms with Gasteiger partial charge in [-0.2, -0.15) is 0 Å². The zero-order chi connectivity index (χ0) is 17.1. The summed E-state index contributed by atoms with van der Waals surface area (Å²) in [6, 6.07) is 12.9. The number of carboxylic acid groups (broad SMARTS) is 1. The van der Waals surface area contributed by atoms with Crippen LogP contribution in [0.5, 0.6) is 11.5 Å². The van der Waals surface area contributed by atoms with Crippen LogP contribution in [0.25, 0.3) is 22.4 Å². The monoisotopic (exact) mass is 326 g/mol. The van der Waals surface area contributed by atoms with Crippen molar-refractivity contribution in [1.29, 1.82) is 0 Å². The Morgan fingerprint density at radius 2 is 2.00 bits per heavy atom. The van der Waals surface area contributed by atoms with Crippen molar-refractivity contribution in [3.8, 4) is 22.9 Å². The van der Waals surface area contributed by atoms with Crippen LogP contribution in [0.15, 0.2) is 42.5 Å². The summed E-state index contributed by atoms with van der Waals surface area (Å²) in [5.41, 5.74) is 2.31. The van der Waals surface area contributed by atoms with Crippen LogP contribution >= 0.6 is 0 Å². The normalized spacial score (nSPS) is 10.8. The van der Waals surface area contributed by atoms with E-state index >= 15 is 0 Å². The molecular weight excluding hydrogens is 308 g/mol. The van der Waals surface area contributed by atoms with Crippen molar-refractivity contribution in [2.45, 2.75) is 13.5 Å². The number of nitrogens with zero attached hydrogens (tertiary/aromatic N) is 2. The van der Waals surface area contributed by atoms with Crippen LogP contribution < -0.4 is 9.47 Å². The minimum Gasteiger partial charge on any atom is -0.493 e. The van der Waals surface area contributed by atoms with E-state index in [0.717, 1.165) is 16.6 Å². The molecule has 0 radical (unpaired) electrons. The van der Waals surface area contributed by atoms with E-state index in [4.69, 9.17) is 9.47 Å². The summed E-state index contributed by atoms with van der Waals surface area (Å²) in [6.07, 6.45) is 0. The highest BCUT2D eigenvalue weighted by atomic mass is 16.5. The molecule has 0 amide bonds. The number of aromatic nitrogens is 2. The zero-order valence-corrected chi connectivity index (χ0v) is 13.5. The molecule has 0 bridgehead atoms. The minimum atomic E-state index is -0.919. The number of hydrogen-bond acceptors (Lipinski definition) is 4. The molecule has 124 valence electrons. The van der Waals surface area contributed by atoms with E-state index in [1.807, 2.05) is 43.3 Å². The van der Waals surface area contributed by atoms with Gasteiger partial charge in [0.1, 0.15) is 12.4 Å². The van der Waals surface area contributed by atoms with Gasteiger partial charge in [-0.3, -0.25) is 4.79 Å². The van der Waals surface area contributed by atoms with Crippen molar-refractivity contribution in [2.75, 3.05) is 13.7 Å². The van der Waals surface area contributed by atoms with E-state index in [9.17, 15) is 9.90 Å². The van der Waals surface area contributed by atoms with Crippen LogP contribution in [0.3, 0.4) is 0 Å². The van der Waals surface area contributed by atoms with Crippen LogP contribution in [0.4, 0.5) is 0 Å². The third kappa shape index (κ3) is 2.90. The lowest BCUT2D eigenvalue weighted by molar-refractivity contribution is -0.137. The van der Waals surface area contributed by atoms with E-state index < -0.39 is 5.97 Å². The van der Waals surface area contributed by atoms with Crippen molar-refractivity contribution in [1.82, 2.24) is 9.55 Å². The highest BCUT2D eigenvalue weighted by Crippen LogP contribution is 2.33. The summed E-state index contributed by atoms with van der Waals surface area (Å²) in [5, 5.41) is 9.24. The molecule has 6 heteroatoms. The quantitative estimate of drug-likeness (QED) is 0.753. The van der Waals surface area contributed by atoms with Gasteiger partial charge in [-0.05, 0) is 37.3 Å². The number of carbonyl (C=O) groups is 1. The van der Waals surface area contributed by atoms with E-state index in [1.54, 1.807) is 17.7 Å². The fraction of sp³-hybridized carbons (Fsp3) is 0.222. The Bertz CT molecular complexity index is 886. The Hall–Kier alpha value is -3.02. The van der Waals surface area contributed by atoms with Crippen LogP contribution in [-0.2, 0) is 11.3 Å². The number of methoxy groups -OCH3 is 1. The molecule has 0 atom stereocenters. The zero-order valence-electron chi connectivity index (χ0n) is 13.5. The van der Waals surface area contributed by atoms with Gasteiger partial charge in [-0.25, -0.2) is 4.98 Å². The SMILES string of the molecule is CCOc1cc(-c2nc3ccccc3n2CC(=O)O)ccc1OC. The summed E-state index contributed by atoms with van der Waals surface area (Å²) in [4.78, 5) is 15.9. The molecule has 1 aromatic heterocycles. The van der Waals surface area contributed by atoms with Crippen molar-refractivity contribution < 1.29 is 19.4 Å². The van der Waals surface area contributed by atoms with Crippen molar-refractivity contribution in [3.05, 3.63) is 42.5 Å². The van der Waals surface area contributed by atoms with Crippen LogP contribution in [0, 0.1) is 0 Å². The molecule has 0 fully saturated rings. The molecule has 3 rings (SSSR count). The number of para-hydroxylation sites is 2. The molecule has 2 aromatic carbocycles. The molecule has 6 nitrogen and oxygen atoms in total. The number of fused-ring (bicyclic) bond motifs is 1. The van der Waals surface area contributed by atoms with Gasteiger partial charge in [0, 0.05) is 5.56 Å². The van der Waals surface area contributed by atoms with Crippen LogP contribution in [0.1, 0.15) is 6.92 Å². The predicted octanol–water partition coefficient (Wildman–Crippen LogP) is 3.20. The maximum Gasteiger partial charge on any atom is 0.323 e. The van der Waals surface area contributed by atoms with Crippen molar-refractivity contribution >= 4 is 17.0 Å².